The first kappa shape index (κ1) is 11.8. The summed E-state index contributed by atoms with van der Waals surface area (Å²) in [5.41, 5.74) is 1.23. The van der Waals surface area contributed by atoms with Gasteiger partial charge in [0.2, 0.25) is 5.82 Å². The zero-order valence-corrected chi connectivity index (χ0v) is 10.5. The molecule has 0 aliphatic carbocycles. The minimum atomic E-state index is -0.0828. The van der Waals surface area contributed by atoms with Gasteiger partial charge in [-0.05, 0) is 13.3 Å². The highest BCUT2D eigenvalue weighted by Gasteiger charge is 2.22. The van der Waals surface area contributed by atoms with E-state index in [2.05, 4.69) is 21.3 Å². The fraction of sp³-hybridized carbons (Fsp3) is 0.583. The lowest BCUT2D eigenvalue weighted by Crippen LogP contribution is -2.36. The summed E-state index contributed by atoms with van der Waals surface area (Å²) in [6, 6.07) is 0. The van der Waals surface area contributed by atoms with Gasteiger partial charge in [-0.1, -0.05) is 25.5 Å². The molecule has 2 rings (SSSR count). The Hall–Kier alpha value is -1.65. The van der Waals surface area contributed by atoms with Gasteiger partial charge in [-0.25, -0.2) is 4.98 Å². The molecule has 1 aliphatic heterocycles. The highest BCUT2D eigenvalue weighted by molar-refractivity contribution is 5.90. The van der Waals surface area contributed by atoms with E-state index in [1.165, 1.54) is 5.57 Å². The van der Waals surface area contributed by atoms with Crippen molar-refractivity contribution in [3.8, 4) is 0 Å². The summed E-state index contributed by atoms with van der Waals surface area (Å²) in [7, 11) is 0. The molecule has 0 bridgehead atoms. The lowest BCUT2D eigenvalue weighted by Gasteiger charge is -2.24. The number of carbonyl (C=O) groups excluding carboxylic acids is 1. The fourth-order valence-corrected chi connectivity index (χ4v) is 1.85. The monoisotopic (exact) mass is 234 g/mol. The van der Waals surface area contributed by atoms with Crippen molar-refractivity contribution < 1.29 is 4.79 Å². The van der Waals surface area contributed by atoms with Gasteiger partial charge < -0.3 is 4.90 Å². The Morgan fingerprint density at radius 2 is 2.29 bits per heavy atom. The van der Waals surface area contributed by atoms with Gasteiger partial charge in [-0.15, -0.1) is 5.10 Å². The molecule has 0 aromatic carbocycles. The van der Waals surface area contributed by atoms with Crippen molar-refractivity contribution >= 4 is 5.91 Å². The smallest absolute Gasteiger partial charge is 0.293 e. The molecule has 0 atom stereocenters. The summed E-state index contributed by atoms with van der Waals surface area (Å²) in [6.07, 6.45) is 3.08. The molecule has 1 aromatic rings. The molecule has 17 heavy (non-hydrogen) atoms. The molecule has 0 spiro atoms. The van der Waals surface area contributed by atoms with Crippen molar-refractivity contribution in [1.82, 2.24) is 20.1 Å². The van der Waals surface area contributed by atoms with Crippen molar-refractivity contribution in [3.63, 3.8) is 0 Å². The predicted octanol–water partition coefficient (Wildman–Crippen LogP) is 1.72. The number of aromatic nitrogens is 3. The maximum absolute atomic E-state index is 12.1. The van der Waals surface area contributed by atoms with Crippen LogP contribution in [0.15, 0.2) is 11.6 Å². The number of rotatable bonds is 2. The van der Waals surface area contributed by atoms with E-state index in [-0.39, 0.29) is 17.6 Å². The van der Waals surface area contributed by atoms with Gasteiger partial charge in [-0.3, -0.25) is 9.89 Å². The molecule has 0 fully saturated rings. The zero-order chi connectivity index (χ0) is 12.4. The van der Waals surface area contributed by atoms with Crippen LogP contribution < -0.4 is 0 Å². The second-order valence-electron chi connectivity index (χ2n) is 4.76. The van der Waals surface area contributed by atoms with E-state index in [0.29, 0.717) is 6.54 Å². The Morgan fingerprint density at radius 3 is 2.88 bits per heavy atom. The van der Waals surface area contributed by atoms with Crippen LogP contribution in [0.25, 0.3) is 0 Å². The van der Waals surface area contributed by atoms with Crippen LogP contribution in [-0.4, -0.2) is 39.1 Å². The van der Waals surface area contributed by atoms with Gasteiger partial charge in [0.25, 0.3) is 5.91 Å². The van der Waals surface area contributed by atoms with Crippen LogP contribution in [0.2, 0.25) is 0 Å². The standard InChI is InChI=1S/C12H18N4O/c1-8(2)10-13-11(15-14-10)12(17)16-6-4-5-9(3)7-16/h5,8H,4,6-7H2,1-3H3,(H,13,14,15). The number of nitrogens with zero attached hydrogens (tertiary/aromatic N) is 3. The topological polar surface area (TPSA) is 61.9 Å². The molecule has 1 N–H and O–H groups in total. The van der Waals surface area contributed by atoms with E-state index >= 15 is 0 Å². The molecular weight excluding hydrogens is 216 g/mol. The quantitative estimate of drug-likeness (QED) is 0.792. The van der Waals surface area contributed by atoms with Crippen LogP contribution in [0.4, 0.5) is 0 Å². The van der Waals surface area contributed by atoms with E-state index in [1.54, 1.807) is 4.90 Å². The third-order valence-corrected chi connectivity index (χ3v) is 2.86. The number of aromatic amines is 1. The first-order chi connectivity index (χ1) is 8.08. The van der Waals surface area contributed by atoms with Crippen LogP contribution >= 0.6 is 0 Å². The Kier molecular flexibility index (Phi) is 3.26. The second-order valence-corrected chi connectivity index (χ2v) is 4.76. The molecule has 5 nitrogen and oxygen atoms in total. The van der Waals surface area contributed by atoms with Gasteiger partial charge >= 0.3 is 0 Å². The third kappa shape index (κ3) is 2.54. The Morgan fingerprint density at radius 1 is 1.53 bits per heavy atom. The van der Waals surface area contributed by atoms with E-state index < -0.39 is 0 Å². The molecule has 0 saturated heterocycles. The number of amides is 1. The normalized spacial score (nSPS) is 16.2. The third-order valence-electron chi connectivity index (χ3n) is 2.86. The lowest BCUT2D eigenvalue weighted by atomic mass is 10.1. The van der Waals surface area contributed by atoms with Crippen LogP contribution in [0.1, 0.15) is 49.6 Å². The van der Waals surface area contributed by atoms with Crippen molar-refractivity contribution in [1.29, 1.82) is 0 Å². The number of carbonyl (C=O) groups is 1. The minimum absolute atomic E-state index is 0.0828. The van der Waals surface area contributed by atoms with Crippen molar-refractivity contribution in [3.05, 3.63) is 23.3 Å². The average molecular weight is 234 g/mol. The van der Waals surface area contributed by atoms with Gasteiger partial charge in [0.05, 0.1) is 0 Å². The molecular formula is C12H18N4O. The average Bonchev–Trinajstić information content (AvgIpc) is 2.77. The molecule has 1 aromatic heterocycles. The maximum atomic E-state index is 12.1. The first-order valence-electron chi connectivity index (χ1n) is 5.95. The van der Waals surface area contributed by atoms with Crippen molar-refractivity contribution in [2.45, 2.75) is 33.1 Å². The largest absolute Gasteiger partial charge is 0.332 e. The van der Waals surface area contributed by atoms with Crippen molar-refractivity contribution in [2.75, 3.05) is 13.1 Å². The van der Waals surface area contributed by atoms with E-state index in [4.69, 9.17) is 0 Å². The molecule has 1 aliphatic rings. The first-order valence-corrected chi connectivity index (χ1v) is 5.95. The van der Waals surface area contributed by atoms with Crippen LogP contribution in [0, 0.1) is 0 Å². The maximum Gasteiger partial charge on any atom is 0.293 e. The zero-order valence-electron chi connectivity index (χ0n) is 10.5. The summed E-state index contributed by atoms with van der Waals surface area (Å²) in [5.74, 6) is 1.22. The van der Waals surface area contributed by atoms with E-state index in [1.807, 2.05) is 20.8 Å². The predicted molar refractivity (Wildman–Crippen MR) is 64.7 cm³/mol. The van der Waals surface area contributed by atoms with Crippen LogP contribution in [-0.2, 0) is 0 Å². The van der Waals surface area contributed by atoms with Gasteiger partial charge in [0.1, 0.15) is 5.82 Å². The lowest BCUT2D eigenvalue weighted by molar-refractivity contribution is 0.0754. The number of hydrogen-bond acceptors (Lipinski definition) is 3. The van der Waals surface area contributed by atoms with Crippen LogP contribution in [0.5, 0.6) is 0 Å². The minimum Gasteiger partial charge on any atom is -0.332 e. The summed E-state index contributed by atoms with van der Waals surface area (Å²) < 4.78 is 0. The summed E-state index contributed by atoms with van der Waals surface area (Å²) in [6.45, 7) is 7.51. The van der Waals surface area contributed by atoms with Gasteiger partial charge in [-0.2, -0.15) is 0 Å². The second kappa shape index (κ2) is 4.69. The number of H-pyrrole nitrogens is 1. The fourth-order valence-electron chi connectivity index (χ4n) is 1.85. The molecule has 5 heteroatoms. The number of hydrogen-bond donors (Lipinski definition) is 1. The Balaban J connectivity index is 2.11. The molecule has 1 amide bonds. The molecule has 0 radical (unpaired) electrons. The molecule has 0 unspecified atom stereocenters. The molecule has 2 heterocycles. The van der Waals surface area contributed by atoms with E-state index in [0.717, 1.165) is 18.8 Å². The molecule has 92 valence electrons. The highest BCUT2D eigenvalue weighted by Crippen LogP contribution is 2.13. The molecule has 0 saturated carbocycles. The Labute approximate surface area is 101 Å². The Bertz CT molecular complexity index is 447. The highest BCUT2D eigenvalue weighted by atomic mass is 16.2. The van der Waals surface area contributed by atoms with Gasteiger partial charge in [0.15, 0.2) is 0 Å². The summed E-state index contributed by atoms with van der Waals surface area (Å²) >= 11 is 0. The SMILES string of the molecule is CC1=CCCN(C(=O)c2n[nH]c(C(C)C)n2)C1. The van der Waals surface area contributed by atoms with Crippen LogP contribution in [0.3, 0.4) is 0 Å². The number of nitrogens with one attached hydrogen (secondary N) is 1. The summed E-state index contributed by atoms with van der Waals surface area (Å²) in [4.78, 5) is 18.2. The van der Waals surface area contributed by atoms with Gasteiger partial charge in [0, 0.05) is 19.0 Å². The van der Waals surface area contributed by atoms with E-state index in [9.17, 15) is 4.79 Å². The van der Waals surface area contributed by atoms with Crippen molar-refractivity contribution in [2.24, 2.45) is 0 Å². The summed E-state index contributed by atoms with van der Waals surface area (Å²) in [5, 5.41) is 6.80.